The van der Waals surface area contributed by atoms with Crippen LogP contribution in [0.25, 0.3) is 16.7 Å². The van der Waals surface area contributed by atoms with E-state index in [0.29, 0.717) is 22.3 Å². The first-order chi connectivity index (χ1) is 14.1. The second-order valence-electron chi connectivity index (χ2n) is 8.85. The lowest BCUT2D eigenvalue weighted by Gasteiger charge is -2.38. The molecule has 0 amide bonds. The minimum Gasteiger partial charge on any atom is -0.510 e. The van der Waals surface area contributed by atoms with Crippen molar-refractivity contribution in [2.75, 3.05) is 0 Å². The van der Waals surface area contributed by atoms with Gasteiger partial charge in [-0.15, -0.1) is 0 Å². The molecular formula is C24H22ClF3O3. The molecule has 0 fully saturated rings. The Kier molecular flexibility index (Phi) is 5.38. The topological polar surface area (TPSA) is 54.4 Å². The predicted octanol–water partition coefficient (Wildman–Crippen LogP) is 6.81. The number of hydrogen-bond donors (Lipinski definition) is 1. The highest BCUT2D eigenvalue weighted by Gasteiger charge is 2.53. The second-order valence-corrected chi connectivity index (χ2v) is 9.26. The van der Waals surface area contributed by atoms with Gasteiger partial charge in [-0.05, 0) is 75.1 Å². The maximum absolute atomic E-state index is 13.2. The van der Waals surface area contributed by atoms with E-state index in [0.717, 1.165) is 6.07 Å². The van der Waals surface area contributed by atoms with Crippen molar-refractivity contribution in [1.29, 1.82) is 0 Å². The number of aliphatic hydroxyl groups excluding tert-OH is 1. The van der Waals surface area contributed by atoms with Gasteiger partial charge in [0.25, 0.3) is 0 Å². The van der Waals surface area contributed by atoms with Crippen molar-refractivity contribution in [3.05, 3.63) is 63.9 Å². The van der Waals surface area contributed by atoms with Crippen LogP contribution in [0.2, 0.25) is 5.02 Å². The van der Waals surface area contributed by atoms with E-state index in [-0.39, 0.29) is 17.1 Å². The first-order valence-corrected chi connectivity index (χ1v) is 9.99. The van der Waals surface area contributed by atoms with Crippen molar-refractivity contribution >= 4 is 28.7 Å². The van der Waals surface area contributed by atoms with Gasteiger partial charge < -0.3 is 5.11 Å². The van der Waals surface area contributed by atoms with Crippen LogP contribution in [0.3, 0.4) is 0 Å². The summed E-state index contributed by atoms with van der Waals surface area (Å²) in [5.74, 6) is -1.19. The quantitative estimate of drug-likeness (QED) is 0.511. The van der Waals surface area contributed by atoms with Crippen molar-refractivity contribution in [1.82, 2.24) is 0 Å². The molecule has 0 radical (unpaired) electrons. The molecule has 2 aromatic rings. The lowest BCUT2D eigenvalue weighted by atomic mass is 9.62. The van der Waals surface area contributed by atoms with Crippen LogP contribution in [0.15, 0.2) is 42.2 Å². The highest BCUT2D eigenvalue weighted by Crippen LogP contribution is 2.47. The van der Waals surface area contributed by atoms with Gasteiger partial charge in [-0.3, -0.25) is 9.59 Å². The molecule has 0 bridgehead atoms. The molecule has 0 aliphatic heterocycles. The Morgan fingerprint density at radius 2 is 1.45 bits per heavy atom. The van der Waals surface area contributed by atoms with Crippen molar-refractivity contribution in [3.63, 3.8) is 0 Å². The van der Waals surface area contributed by atoms with Crippen LogP contribution in [0, 0.1) is 17.8 Å². The third-order valence-corrected chi connectivity index (χ3v) is 6.19. The molecule has 0 atom stereocenters. The Morgan fingerprint density at radius 3 is 2.00 bits per heavy atom. The van der Waals surface area contributed by atoms with Crippen LogP contribution >= 0.6 is 11.6 Å². The van der Waals surface area contributed by atoms with Gasteiger partial charge >= 0.3 is 6.18 Å². The second kappa shape index (κ2) is 7.23. The Bertz CT molecular complexity index is 1140. The minimum absolute atomic E-state index is 0.0481. The lowest BCUT2D eigenvalue weighted by molar-refractivity contribution is -0.143. The van der Waals surface area contributed by atoms with Gasteiger partial charge in [-0.2, -0.15) is 13.2 Å². The van der Waals surface area contributed by atoms with Crippen molar-refractivity contribution in [2.45, 2.75) is 40.8 Å². The van der Waals surface area contributed by atoms with Crippen LogP contribution in [0.4, 0.5) is 13.2 Å². The summed E-state index contributed by atoms with van der Waals surface area (Å²) in [7, 11) is 0. The average molecular weight is 451 g/mol. The van der Waals surface area contributed by atoms with Crippen molar-refractivity contribution in [3.8, 4) is 11.1 Å². The summed E-state index contributed by atoms with van der Waals surface area (Å²) >= 11 is 5.86. The van der Waals surface area contributed by atoms with Crippen LogP contribution < -0.4 is 0 Å². The standard InChI is InChI=1S/C24H22ClF3O3/c1-12-6-7-13(14-8-9-16(17(25)11-14)24(26,27)28)10-15(12)18-19(29)22(2,3)21(31)23(4,5)20(18)30/h6-11,29H,1-5H3. The molecule has 1 N–H and O–H groups in total. The number of rotatable bonds is 2. The summed E-state index contributed by atoms with van der Waals surface area (Å²) < 4.78 is 39.1. The number of halogens is 4. The number of aliphatic hydroxyl groups is 1. The zero-order valence-electron chi connectivity index (χ0n) is 17.7. The highest BCUT2D eigenvalue weighted by molar-refractivity contribution is 6.34. The molecule has 7 heteroatoms. The molecule has 3 nitrogen and oxygen atoms in total. The first kappa shape index (κ1) is 23.1. The molecular weight excluding hydrogens is 429 g/mol. The van der Waals surface area contributed by atoms with E-state index >= 15 is 0 Å². The summed E-state index contributed by atoms with van der Waals surface area (Å²) in [4.78, 5) is 25.9. The van der Waals surface area contributed by atoms with Crippen molar-refractivity contribution < 1.29 is 27.9 Å². The molecule has 3 rings (SSSR count). The maximum Gasteiger partial charge on any atom is 0.417 e. The average Bonchev–Trinajstić information content (AvgIpc) is 2.66. The van der Waals surface area contributed by atoms with E-state index in [2.05, 4.69) is 0 Å². The van der Waals surface area contributed by atoms with E-state index in [1.807, 2.05) is 0 Å². The van der Waals surface area contributed by atoms with Gasteiger partial charge in [0.05, 0.1) is 27.0 Å². The number of carbonyl (C=O) groups is 2. The van der Waals surface area contributed by atoms with Gasteiger partial charge in [-0.25, -0.2) is 0 Å². The summed E-state index contributed by atoms with van der Waals surface area (Å²) in [6, 6.07) is 8.46. The molecule has 164 valence electrons. The van der Waals surface area contributed by atoms with E-state index in [1.165, 1.54) is 26.0 Å². The van der Waals surface area contributed by atoms with Crippen molar-refractivity contribution in [2.24, 2.45) is 10.8 Å². The Balaban J connectivity index is 2.21. The van der Waals surface area contributed by atoms with E-state index in [9.17, 15) is 27.9 Å². The van der Waals surface area contributed by atoms with E-state index in [4.69, 9.17) is 11.6 Å². The van der Waals surface area contributed by atoms with E-state index in [1.54, 1.807) is 39.0 Å². The lowest BCUT2D eigenvalue weighted by Crippen LogP contribution is -2.48. The summed E-state index contributed by atoms with van der Waals surface area (Å²) in [6.07, 6.45) is -4.57. The number of benzene rings is 2. The zero-order chi connectivity index (χ0) is 23.5. The fraction of sp³-hybridized carbons (Fsp3) is 0.333. The third-order valence-electron chi connectivity index (χ3n) is 5.87. The summed E-state index contributed by atoms with van der Waals surface area (Å²) in [5.41, 5.74) is -1.42. The largest absolute Gasteiger partial charge is 0.510 e. The first-order valence-electron chi connectivity index (χ1n) is 9.61. The van der Waals surface area contributed by atoms with Gasteiger partial charge in [0.2, 0.25) is 0 Å². The number of allylic oxidation sites excluding steroid dienone is 2. The molecule has 0 spiro atoms. The fourth-order valence-corrected chi connectivity index (χ4v) is 4.26. The number of aryl methyl sites for hydroxylation is 1. The third kappa shape index (κ3) is 3.67. The fourth-order valence-electron chi connectivity index (χ4n) is 3.97. The molecule has 31 heavy (non-hydrogen) atoms. The zero-order valence-corrected chi connectivity index (χ0v) is 18.5. The smallest absolute Gasteiger partial charge is 0.417 e. The highest BCUT2D eigenvalue weighted by atomic mass is 35.5. The Hall–Kier alpha value is -2.60. The van der Waals surface area contributed by atoms with Crippen LogP contribution in [0.5, 0.6) is 0 Å². The molecule has 0 saturated carbocycles. The number of alkyl halides is 3. The van der Waals surface area contributed by atoms with Crippen LogP contribution in [0.1, 0.15) is 44.4 Å². The number of hydrogen-bond acceptors (Lipinski definition) is 3. The minimum atomic E-state index is -4.57. The number of Topliss-reactive ketones (excluding diaryl/α,β-unsaturated/α-hetero) is 2. The molecule has 0 unspecified atom stereocenters. The molecule has 0 aromatic heterocycles. The van der Waals surface area contributed by atoms with Gasteiger partial charge in [0, 0.05) is 0 Å². The SMILES string of the molecule is Cc1ccc(-c2ccc(C(F)(F)F)c(Cl)c2)cc1C1=C(O)C(C)(C)C(=O)C(C)(C)C1=O. The molecule has 1 aliphatic rings. The Morgan fingerprint density at radius 1 is 0.903 bits per heavy atom. The molecule has 1 aliphatic carbocycles. The van der Waals surface area contributed by atoms with Gasteiger partial charge in [0.15, 0.2) is 11.6 Å². The summed E-state index contributed by atoms with van der Waals surface area (Å²) in [5, 5.41) is 10.4. The van der Waals surface area contributed by atoms with Gasteiger partial charge in [-0.1, -0.05) is 29.8 Å². The summed E-state index contributed by atoms with van der Waals surface area (Å²) in [6.45, 7) is 7.94. The number of carbonyl (C=O) groups excluding carboxylic acids is 2. The number of ketones is 2. The predicted molar refractivity (Wildman–Crippen MR) is 114 cm³/mol. The molecule has 0 saturated heterocycles. The van der Waals surface area contributed by atoms with E-state index < -0.39 is 33.4 Å². The van der Waals surface area contributed by atoms with Gasteiger partial charge in [0.1, 0.15) is 5.76 Å². The van der Waals surface area contributed by atoms with Crippen LogP contribution in [-0.2, 0) is 15.8 Å². The maximum atomic E-state index is 13.2. The molecule has 2 aromatic carbocycles. The molecule has 0 heterocycles. The monoisotopic (exact) mass is 450 g/mol. The Labute approximate surface area is 183 Å². The van der Waals surface area contributed by atoms with Crippen LogP contribution in [-0.4, -0.2) is 16.7 Å². The normalized spacial score (nSPS) is 18.5.